The highest BCUT2D eigenvalue weighted by molar-refractivity contribution is 5.94. The van der Waals surface area contributed by atoms with Gasteiger partial charge in [-0.25, -0.2) is 0 Å². The molecule has 1 aromatic carbocycles. The number of aryl methyl sites for hydroxylation is 1. The highest BCUT2D eigenvalue weighted by atomic mass is 16.5. The highest BCUT2D eigenvalue weighted by Crippen LogP contribution is 2.29. The lowest BCUT2D eigenvalue weighted by Crippen LogP contribution is -2.38. The molecule has 0 aliphatic heterocycles. The van der Waals surface area contributed by atoms with E-state index in [1.165, 1.54) is 11.3 Å². The minimum atomic E-state index is -0.0677. The van der Waals surface area contributed by atoms with Crippen LogP contribution in [0.3, 0.4) is 0 Å². The van der Waals surface area contributed by atoms with Crippen molar-refractivity contribution in [3.05, 3.63) is 64.9 Å². The van der Waals surface area contributed by atoms with Gasteiger partial charge < -0.3 is 23.7 Å². The first kappa shape index (κ1) is 23.9. The molecule has 8 heteroatoms. The van der Waals surface area contributed by atoms with E-state index in [1.807, 2.05) is 36.0 Å². The maximum absolute atomic E-state index is 13.2. The molecule has 2 aromatic heterocycles. The Bertz CT molecular complexity index is 1120. The molecule has 0 bridgehead atoms. The summed E-state index contributed by atoms with van der Waals surface area (Å²) >= 11 is 0. The molecule has 0 saturated carbocycles. The lowest BCUT2D eigenvalue weighted by molar-refractivity contribution is 0.0767. The van der Waals surface area contributed by atoms with Gasteiger partial charge in [0.25, 0.3) is 5.91 Å². The van der Waals surface area contributed by atoms with Crippen LogP contribution in [0.15, 0.2) is 41.0 Å². The summed E-state index contributed by atoms with van der Waals surface area (Å²) in [5.74, 6) is 2.18. The van der Waals surface area contributed by atoms with Gasteiger partial charge in [0.1, 0.15) is 5.76 Å². The largest absolute Gasteiger partial charge is 0.493 e. The standard InChI is InChI=1S/C26H34N4O4/c1-28(13-12-18-8-11-23(32-4)24(15-18)33-5)19-9-10-22-21(16-19)25(27-30(22)3)26(31)29(2)17-20-7-6-14-34-20/h6-8,11,14-15,19H,9-10,12-13,16-17H2,1-5H3/t19-/m1/s1. The second kappa shape index (κ2) is 10.3. The molecule has 4 rings (SSSR count). The summed E-state index contributed by atoms with van der Waals surface area (Å²) in [7, 11) is 9.20. The highest BCUT2D eigenvalue weighted by Gasteiger charge is 2.31. The number of hydrogen-bond acceptors (Lipinski definition) is 6. The van der Waals surface area contributed by atoms with Gasteiger partial charge in [-0.1, -0.05) is 6.07 Å². The Hall–Kier alpha value is -3.26. The van der Waals surface area contributed by atoms with Crippen LogP contribution in [0, 0.1) is 0 Å². The van der Waals surface area contributed by atoms with Gasteiger partial charge in [0, 0.05) is 37.9 Å². The van der Waals surface area contributed by atoms with Crippen LogP contribution in [0.25, 0.3) is 0 Å². The van der Waals surface area contributed by atoms with E-state index in [0.29, 0.717) is 18.3 Å². The Balaban J connectivity index is 1.43. The zero-order chi connectivity index (χ0) is 24.2. The van der Waals surface area contributed by atoms with Crippen molar-refractivity contribution in [1.29, 1.82) is 0 Å². The van der Waals surface area contributed by atoms with Gasteiger partial charge >= 0.3 is 0 Å². The van der Waals surface area contributed by atoms with E-state index in [1.54, 1.807) is 32.4 Å². The number of rotatable bonds is 9. The van der Waals surface area contributed by atoms with Gasteiger partial charge in [0.05, 0.1) is 27.0 Å². The van der Waals surface area contributed by atoms with Crippen LogP contribution in [0.2, 0.25) is 0 Å². The third-order valence-corrected chi connectivity index (χ3v) is 6.78. The fourth-order valence-electron chi connectivity index (χ4n) is 4.73. The molecule has 0 radical (unpaired) electrons. The lowest BCUT2D eigenvalue weighted by Gasteiger charge is -2.32. The summed E-state index contributed by atoms with van der Waals surface area (Å²) in [5.41, 5.74) is 4.01. The molecule has 1 aliphatic carbocycles. The van der Waals surface area contributed by atoms with Crippen LogP contribution in [0.5, 0.6) is 11.5 Å². The average Bonchev–Trinajstić information content (AvgIpc) is 3.49. The summed E-state index contributed by atoms with van der Waals surface area (Å²) in [6.45, 7) is 1.34. The van der Waals surface area contributed by atoms with Crippen molar-refractivity contribution in [2.24, 2.45) is 7.05 Å². The van der Waals surface area contributed by atoms with Crippen molar-refractivity contribution in [3.8, 4) is 11.5 Å². The number of aromatic nitrogens is 2. The van der Waals surface area contributed by atoms with Crippen LogP contribution in [-0.4, -0.2) is 66.4 Å². The molecule has 1 atom stereocenters. The number of fused-ring (bicyclic) bond motifs is 1. The van der Waals surface area contributed by atoms with Crippen LogP contribution >= 0.6 is 0 Å². The first-order chi connectivity index (χ1) is 16.4. The number of ether oxygens (including phenoxy) is 2. The van der Waals surface area contributed by atoms with Gasteiger partial charge in [-0.15, -0.1) is 0 Å². The minimum absolute atomic E-state index is 0.0677. The van der Waals surface area contributed by atoms with E-state index in [0.717, 1.165) is 55.1 Å². The molecular weight excluding hydrogens is 432 g/mol. The summed E-state index contributed by atoms with van der Waals surface area (Å²) in [4.78, 5) is 17.3. The van der Waals surface area contributed by atoms with E-state index in [4.69, 9.17) is 13.9 Å². The van der Waals surface area contributed by atoms with Crippen molar-refractivity contribution in [2.45, 2.75) is 38.3 Å². The molecule has 0 N–H and O–H groups in total. The van der Waals surface area contributed by atoms with Crippen molar-refractivity contribution in [3.63, 3.8) is 0 Å². The van der Waals surface area contributed by atoms with E-state index in [2.05, 4.69) is 23.1 Å². The number of carbonyl (C=O) groups is 1. The van der Waals surface area contributed by atoms with Gasteiger partial charge in [-0.2, -0.15) is 5.10 Å². The van der Waals surface area contributed by atoms with Crippen LogP contribution < -0.4 is 9.47 Å². The van der Waals surface area contributed by atoms with E-state index < -0.39 is 0 Å². The molecule has 34 heavy (non-hydrogen) atoms. The minimum Gasteiger partial charge on any atom is -0.493 e. The number of amides is 1. The molecule has 0 unspecified atom stereocenters. The van der Waals surface area contributed by atoms with E-state index in [9.17, 15) is 4.79 Å². The quantitative estimate of drug-likeness (QED) is 0.482. The molecule has 0 spiro atoms. The fraction of sp³-hybridized carbons (Fsp3) is 0.462. The van der Waals surface area contributed by atoms with Gasteiger partial charge in [0.15, 0.2) is 17.2 Å². The van der Waals surface area contributed by atoms with Crippen LogP contribution in [-0.2, 0) is 32.9 Å². The predicted octanol–water partition coefficient (Wildman–Crippen LogP) is 3.33. The number of nitrogens with zero attached hydrogens (tertiary/aromatic N) is 4. The molecular formula is C26H34N4O4. The van der Waals surface area contributed by atoms with Crippen molar-refractivity contribution < 1.29 is 18.7 Å². The van der Waals surface area contributed by atoms with Gasteiger partial charge in [0.2, 0.25) is 0 Å². The Morgan fingerprint density at radius 1 is 1.21 bits per heavy atom. The summed E-state index contributed by atoms with van der Waals surface area (Å²) in [6, 6.07) is 10.1. The topological polar surface area (TPSA) is 73.0 Å². The number of likely N-dealkylation sites (N-methyl/N-ethyl adjacent to an activating group) is 1. The lowest BCUT2D eigenvalue weighted by atomic mass is 9.90. The summed E-state index contributed by atoms with van der Waals surface area (Å²) < 4.78 is 18.1. The molecule has 182 valence electrons. The third-order valence-electron chi connectivity index (χ3n) is 6.78. The number of hydrogen-bond donors (Lipinski definition) is 0. The zero-order valence-electron chi connectivity index (χ0n) is 20.7. The fourth-order valence-corrected chi connectivity index (χ4v) is 4.73. The number of methoxy groups -OCH3 is 2. The van der Waals surface area contributed by atoms with Gasteiger partial charge in [-0.3, -0.25) is 9.48 Å². The molecule has 8 nitrogen and oxygen atoms in total. The molecule has 0 fully saturated rings. The SMILES string of the molecule is COc1ccc(CCN(C)[C@@H]2CCc3c(c(C(=O)N(C)Cc4ccco4)nn3C)C2)cc1OC. The third kappa shape index (κ3) is 4.97. The van der Waals surface area contributed by atoms with Crippen molar-refractivity contribution >= 4 is 5.91 Å². The van der Waals surface area contributed by atoms with Crippen molar-refractivity contribution in [1.82, 2.24) is 19.6 Å². The summed E-state index contributed by atoms with van der Waals surface area (Å²) in [5, 5.41) is 4.62. The molecule has 0 saturated heterocycles. The van der Waals surface area contributed by atoms with Gasteiger partial charge in [-0.05, 0) is 62.6 Å². The maximum Gasteiger partial charge on any atom is 0.274 e. The Morgan fingerprint density at radius 3 is 2.71 bits per heavy atom. The first-order valence-corrected chi connectivity index (χ1v) is 11.6. The Labute approximate surface area is 201 Å². The maximum atomic E-state index is 13.2. The molecule has 1 amide bonds. The number of carbonyl (C=O) groups excluding carboxylic acids is 1. The van der Waals surface area contributed by atoms with Crippen molar-refractivity contribution in [2.75, 3.05) is 34.9 Å². The monoisotopic (exact) mass is 466 g/mol. The second-order valence-corrected chi connectivity index (χ2v) is 8.95. The Kier molecular flexibility index (Phi) is 7.26. The predicted molar refractivity (Wildman–Crippen MR) is 129 cm³/mol. The zero-order valence-corrected chi connectivity index (χ0v) is 20.7. The van der Waals surface area contributed by atoms with Crippen LogP contribution in [0.4, 0.5) is 0 Å². The smallest absolute Gasteiger partial charge is 0.274 e. The van der Waals surface area contributed by atoms with Crippen LogP contribution in [0.1, 0.15) is 39.5 Å². The van der Waals surface area contributed by atoms with E-state index in [-0.39, 0.29) is 5.91 Å². The number of furan rings is 1. The second-order valence-electron chi connectivity index (χ2n) is 8.95. The molecule has 2 heterocycles. The first-order valence-electron chi connectivity index (χ1n) is 11.6. The van der Waals surface area contributed by atoms with E-state index >= 15 is 0 Å². The molecule has 1 aliphatic rings. The molecule has 3 aromatic rings. The average molecular weight is 467 g/mol. The summed E-state index contributed by atoms with van der Waals surface area (Å²) in [6.07, 6.45) is 5.31. The number of benzene rings is 1. The normalized spacial score (nSPS) is 15.3. The Morgan fingerprint density at radius 2 is 2.00 bits per heavy atom.